The van der Waals surface area contributed by atoms with E-state index in [1.165, 1.54) is 0 Å². The van der Waals surface area contributed by atoms with Crippen LogP contribution in [0.3, 0.4) is 0 Å². The van der Waals surface area contributed by atoms with E-state index in [1.54, 1.807) is 30.3 Å². The Balaban J connectivity index is 1.85. The molecule has 133 valence electrons. The molecule has 1 N–H and O–H groups in total. The lowest BCUT2D eigenvalue weighted by Crippen LogP contribution is -2.28. The van der Waals surface area contributed by atoms with Crippen LogP contribution < -0.4 is 5.32 Å². The van der Waals surface area contributed by atoms with Gasteiger partial charge < -0.3 is 4.74 Å². The molecule has 0 spiro atoms. The van der Waals surface area contributed by atoms with E-state index in [9.17, 15) is 4.79 Å². The third-order valence-corrected chi connectivity index (χ3v) is 3.50. The maximum Gasteiger partial charge on any atom is 0.413 e. The van der Waals surface area contributed by atoms with Crippen molar-refractivity contribution in [1.82, 2.24) is 19.7 Å². The molecular weight excluding hydrogens is 330 g/mol. The maximum atomic E-state index is 12.1. The van der Waals surface area contributed by atoms with Gasteiger partial charge in [0.2, 0.25) is 0 Å². The van der Waals surface area contributed by atoms with Crippen LogP contribution in [0.5, 0.6) is 0 Å². The number of amides is 1. The van der Waals surface area contributed by atoms with Gasteiger partial charge in [-0.05, 0) is 26.8 Å². The molecule has 0 fully saturated rings. The maximum absolute atomic E-state index is 12.1. The third-order valence-electron chi connectivity index (χ3n) is 3.50. The van der Waals surface area contributed by atoms with Crippen molar-refractivity contribution in [3.05, 3.63) is 48.9 Å². The smallest absolute Gasteiger partial charge is 0.413 e. The van der Waals surface area contributed by atoms with Gasteiger partial charge in [-0.15, -0.1) is 0 Å². The van der Waals surface area contributed by atoms with Crippen molar-refractivity contribution >= 4 is 11.9 Å². The first-order chi connectivity index (χ1) is 12.3. The highest BCUT2D eigenvalue weighted by Crippen LogP contribution is 2.27. The topological polar surface area (TPSA) is 81.9 Å². The van der Waals surface area contributed by atoms with Crippen molar-refractivity contribution in [1.29, 1.82) is 0 Å². The Morgan fingerprint density at radius 2 is 1.77 bits per heavy atom. The summed E-state index contributed by atoms with van der Waals surface area (Å²) in [7, 11) is 1.73. The van der Waals surface area contributed by atoms with E-state index in [0.717, 1.165) is 11.3 Å². The van der Waals surface area contributed by atoms with Crippen LogP contribution in [0, 0.1) is 6.07 Å². The predicted molar refractivity (Wildman–Crippen MR) is 98.4 cm³/mol. The Morgan fingerprint density at radius 1 is 1.12 bits per heavy atom. The van der Waals surface area contributed by atoms with Crippen molar-refractivity contribution in [3.63, 3.8) is 0 Å². The largest absolute Gasteiger partial charge is 0.444 e. The van der Waals surface area contributed by atoms with Gasteiger partial charge in [-0.3, -0.25) is 20.0 Å². The summed E-state index contributed by atoms with van der Waals surface area (Å²) < 4.78 is 6.86. The molecule has 0 unspecified atom stereocenters. The molecule has 0 aliphatic heterocycles. The monoisotopic (exact) mass is 350 g/mol. The normalized spacial score (nSPS) is 11.2. The number of hydrogen-bond acceptors (Lipinski definition) is 5. The standard InChI is InChI=1S/C19H20N5O2/c1-19(2,3)26-18(25)23-17-14(10-22-24(17)4)16-12-20-15(11-21-16)13-8-6-5-7-9-13/h6-12H,1-4H3,(H,23,25). The fourth-order valence-electron chi connectivity index (χ4n) is 2.35. The molecule has 0 atom stereocenters. The van der Waals surface area contributed by atoms with Gasteiger partial charge in [-0.2, -0.15) is 5.10 Å². The van der Waals surface area contributed by atoms with E-state index in [1.807, 2.05) is 45.0 Å². The summed E-state index contributed by atoms with van der Waals surface area (Å²) in [6.45, 7) is 5.42. The minimum absolute atomic E-state index is 0.496. The number of ether oxygens (including phenoxy) is 1. The molecule has 0 bridgehead atoms. The molecule has 26 heavy (non-hydrogen) atoms. The molecule has 1 amide bonds. The van der Waals surface area contributed by atoms with Crippen LogP contribution in [0.25, 0.3) is 22.5 Å². The average molecular weight is 350 g/mol. The van der Waals surface area contributed by atoms with Gasteiger partial charge >= 0.3 is 6.09 Å². The lowest BCUT2D eigenvalue weighted by molar-refractivity contribution is 0.0634. The van der Waals surface area contributed by atoms with Crippen molar-refractivity contribution < 1.29 is 9.53 Å². The van der Waals surface area contributed by atoms with Crippen molar-refractivity contribution in [2.75, 3.05) is 5.32 Å². The van der Waals surface area contributed by atoms with Crippen LogP contribution in [-0.4, -0.2) is 31.4 Å². The van der Waals surface area contributed by atoms with E-state index in [4.69, 9.17) is 4.74 Å². The summed E-state index contributed by atoms with van der Waals surface area (Å²) in [6.07, 6.45) is 4.43. The minimum atomic E-state index is -0.586. The second kappa shape index (κ2) is 6.95. The van der Waals surface area contributed by atoms with Crippen LogP contribution in [-0.2, 0) is 11.8 Å². The summed E-state index contributed by atoms with van der Waals surface area (Å²) >= 11 is 0. The molecule has 0 saturated heterocycles. The zero-order valence-corrected chi connectivity index (χ0v) is 15.1. The first-order valence-electron chi connectivity index (χ1n) is 8.14. The Hall–Kier alpha value is -3.22. The average Bonchev–Trinajstić information content (AvgIpc) is 2.95. The van der Waals surface area contributed by atoms with Gasteiger partial charge in [0.1, 0.15) is 11.4 Å². The molecule has 2 heterocycles. The second-order valence-corrected chi connectivity index (χ2v) is 6.73. The first kappa shape index (κ1) is 17.6. The van der Waals surface area contributed by atoms with Crippen LogP contribution in [0.4, 0.5) is 10.6 Å². The molecule has 0 aliphatic rings. The molecule has 2 aromatic heterocycles. The number of nitrogens with zero attached hydrogens (tertiary/aromatic N) is 4. The number of nitrogens with one attached hydrogen (secondary N) is 1. The highest BCUT2D eigenvalue weighted by Gasteiger charge is 2.20. The van der Waals surface area contributed by atoms with Crippen molar-refractivity contribution in [3.8, 4) is 22.5 Å². The van der Waals surface area contributed by atoms with Gasteiger partial charge in [0.25, 0.3) is 0 Å². The molecule has 7 nitrogen and oxygen atoms in total. The number of hydrogen-bond donors (Lipinski definition) is 1. The lowest BCUT2D eigenvalue weighted by Gasteiger charge is -2.20. The van der Waals surface area contributed by atoms with E-state index >= 15 is 0 Å². The lowest BCUT2D eigenvalue weighted by atomic mass is 10.1. The van der Waals surface area contributed by atoms with Crippen LogP contribution in [0.2, 0.25) is 0 Å². The van der Waals surface area contributed by atoms with Crippen molar-refractivity contribution in [2.24, 2.45) is 7.05 Å². The number of anilines is 1. The number of carbonyl (C=O) groups excluding carboxylic acids is 1. The molecule has 0 aliphatic carbocycles. The van der Waals surface area contributed by atoms with Gasteiger partial charge in [0.15, 0.2) is 0 Å². The fraction of sp³-hybridized carbons (Fsp3) is 0.263. The molecular formula is C19H20N5O2. The molecule has 3 aromatic rings. The zero-order chi connectivity index (χ0) is 18.7. The quantitative estimate of drug-likeness (QED) is 0.779. The highest BCUT2D eigenvalue weighted by molar-refractivity contribution is 5.89. The fourth-order valence-corrected chi connectivity index (χ4v) is 2.35. The SMILES string of the molecule is Cn1ncc(-c2cnc(-c3cc[c]cc3)cn2)c1NC(=O)OC(C)(C)C. The van der Waals surface area contributed by atoms with Gasteiger partial charge in [0.05, 0.1) is 35.5 Å². The molecule has 1 aromatic carbocycles. The van der Waals surface area contributed by atoms with E-state index in [2.05, 4.69) is 26.4 Å². The Labute approximate surface area is 152 Å². The summed E-state index contributed by atoms with van der Waals surface area (Å²) in [5.74, 6) is 0.496. The zero-order valence-electron chi connectivity index (χ0n) is 15.1. The van der Waals surface area contributed by atoms with Crippen LogP contribution in [0.1, 0.15) is 20.8 Å². The van der Waals surface area contributed by atoms with Crippen molar-refractivity contribution in [2.45, 2.75) is 26.4 Å². The number of carbonyl (C=O) groups is 1. The van der Waals surface area contributed by atoms with E-state index < -0.39 is 11.7 Å². The number of aromatic nitrogens is 4. The number of aryl methyl sites for hydroxylation is 1. The summed E-state index contributed by atoms with van der Waals surface area (Å²) in [5.41, 5.74) is 2.40. The summed E-state index contributed by atoms with van der Waals surface area (Å²) in [5, 5.41) is 6.93. The van der Waals surface area contributed by atoms with E-state index in [-0.39, 0.29) is 0 Å². The third kappa shape index (κ3) is 4.05. The van der Waals surface area contributed by atoms with Gasteiger partial charge in [-0.1, -0.05) is 24.3 Å². The van der Waals surface area contributed by atoms with E-state index in [0.29, 0.717) is 17.1 Å². The van der Waals surface area contributed by atoms with Crippen LogP contribution >= 0.6 is 0 Å². The highest BCUT2D eigenvalue weighted by atomic mass is 16.6. The molecule has 0 saturated carbocycles. The first-order valence-corrected chi connectivity index (χ1v) is 8.14. The van der Waals surface area contributed by atoms with Gasteiger partial charge in [-0.25, -0.2) is 4.79 Å². The Morgan fingerprint density at radius 3 is 2.38 bits per heavy atom. The summed E-state index contributed by atoms with van der Waals surface area (Å²) in [6, 6.07) is 10.5. The Bertz CT molecular complexity index is 896. The summed E-state index contributed by atoms with van der Waals surface area (Å²) in [4.78, 5) is 21.0. The Kier molecular flexibility index (Phi) is 4.71. The number of benzene rings is 1. The number of rotatable bonds is 3. The molecule has 7 heteroatoms. The molecule has 3 rings (SSSR count). The minimum Gasteiger partial charge on any atom is -0.444 e. The molecule has 1 radical (unpaired) electrons. The predicted octanol–water partition coefficient (Wildman–Crippen LogP) is 3.69. The van der Waals surface area contributed by atoms with Gasteiger partial charge in [0, 0.05) is 12.6 Å². The second-order valence-electron chi connectivity index (χ2n) is 6.73. The van der Waals surface area contributed by atoms with Crippen LogP contribution in [0.15, 0.2) is 42.9 Å².